The van der Waals surface area contributed by atoms with Crippen molar-refractivity contribution < 1.29 is 9.53 Å². The van der Waals surface area contributed by atoms with Crippen LogP contribution in [-0.2, 0) is 4.79 Å². The van der Waals surface area contributed by atoms with Gasteiger partial charge in [-0.05, 0) is 49.2 Å². The molecule has 1 saturated heterocycles. The van der Waals surface area contributed by atoms with Crippen LogP contribution in [0.5, 0.6) is 5.75 Å². The van der Waals surface area contributed by atoms with Gasteiger partial charge < -0.3 is 14.5 Å². The lowest BCUT2D eigenvalue weighted by atomic mass is 10.1. The second kappa shape index (κ2) is 8.95. The summed E-state index contributed by atoms with van der Waals surface area (Å²) in [5.74, 6) is 1.58. The van der Waals surface area contributed by atoms with Crippen molar-refractivity contribution in [3.63, 3.8) is 0 Å². The van der Waals surface area contributed by atoms with Crippen LogP contribution in [0.4, 0.5) is 5.82 Å². The zero-order valence-corrected chi connectivity index (χ0v) is 17.4. The summed E-state index contributed by atoms with van der Waals surface area (Å²) in [6.07, 6.45) is 0. The Kier molecular flexibility index (Phi) is 5.93. The standard InChI is InChI=1S/C24H26N4O2/c1-18-6-5-8-20(16-18)30-17-24(29)28-14-12-27(13-15-28)23-11-10-22(25-26-23)21-9-4-3-7-19(21)2/h3-11,16H,12-15,17H2,1-2H3. The van der Waals surface area contributed by atoms with Crippen LogP contribution in [0, 0.1) is 13.8 Å². The molecule has 6 heteroatoms. The number of piperazine rings is 1. The zero-order chi connectivity index (χ0) is 20.9. The Bertz CT molecular complexity index is 1010. The maximum Gasteiger partial charge on any atom is 0.260 e. The fourth-order valence-electron chi connectivity index (χ4n) is 3.62. The van der Waals surface area contributed by atoms with Crippen LogP contribution in [0.2, 0.25) is 0 Å². The Hall–Kier alpha value is -3.41. The molecule has 0 atom stereocenters. The molecule has 2 aromatic carbocycles. The third-order valence-corrected chi connectivity index (χ3v) is 5.38. The molecule has 0 spiro atoms. The van der Waals surface area contributed by atoms with Gasteiger partial charge in [0, 0.05) is 31.7 Å². The molecule has 3 aromatic rings. The Morgan fingerprint density at radius 1 is 0.933 bits per heavy atom. The number of hydrogen-bond donors (Lipinski definition) is 0. The molecule has 0 radical (unpaired) electrons. The first-order valence-electron chi connectivity index (χ1n) is 10.2. The summed E-state index contributed by atoms with van der Waals surface area (Å²) in [7, 11) is 0. The van der Waals surface area contributed by atoms with Gasteiger partial charge in [-0.1, -0.05) is 36.4 Å². The monoisotopic (exact) mass is 402 g/mol. The number of amides is 1. The predicted molar refractivity (Wildman–Crippen MR) is 118 cm³/mol. The topological polar surface area (TPSA) is 58.6 Å². The van der Waals surface area contributed by atoms with Crippen LogP contribution in [0.1, 0.15) is 11.1 Å². The average molecular weight is 402 g/mol. The van der Waals surface area contributed by atoms with E-state index >= 15 is 0 Å². The first-order chi connectivity index (χ1) is 14.6. The van der Waals surface area contributed by atoms with Crippen LogP contribution in [0.25, 0.3) is 11.3 Å². The quantitative estimate of drug-likeness (QED) is 0.654. The Morgan fingerprint density at radius 3 is 2.43 bits per heavy atom. The Balaban J connectivity index is 1.31. The van der Waals surface area contributed by atoms with Crippen LogP contribution in [-0.4, -0.2) is 53.8 Å². The summed E-state index contributed by atoms with van der Waals surface area (Å²) in [6.45, 7) is 6.90. The summed E-state index contributed by atoms with van der Waals surface area (Å²) in [4.78, 5) is 16.5. The molecular formula is C24H26N4O2. The lowest BCUT2D eigenvalue weighted by molar-refractivity contribution is -0.133. The van der Waals surface area contributed by atoms with Crippen molar-refractivity contribution in [2.24, 2.45) is 0 Å². The largest absolute Gasteiger partial charge is 0.484 e. The number of aromatic nitrogens is 2. The normalized spacial score (nSPS) is 13.9. The Labute approximate surface area is 177 Å². The lowest BCUT2D eigenvalue weighted by Crippen LogP contribution is -2.50. The minimum Gasteiger partial charge on any atom is -0.484 e. The van der Waals surface area contributed by atoms with Crippen molar-refractivity contribution in [1.29, 1.82) is 0 Å². The number of hydrogen-bond acceptors (Lipinski definition) is 5. The number of carbonyl (C=O) groups is 1. The summed E-state index contributed by atoms with van der Waals surface area (Å²) in [6, 6.07) is 19.9. The van der Waals surface area contributed by atoms with Crippen molar-refractivity contribution in [1.82, 2.24) is 15.1 Å². The summed E-state index contributed by atoms with van der Waals surface area (Å²) in [5.41, 5.74) is 4.27. The molecule has 1 amide bonds. The molecule has 154 valence electrons. The van der Waals surface area contributed by atoms with Gasteiger partial charge in [-0.15, -0.1) is 10.2 Å². The van der Waals surface area contributed by atoms with Gasteiger partial charge in [0.05, 0.1) is 5.69 Å². The van der Waals surface area contributed by atoms with Crippen LogP contribution in [0.3, 0.4) is 0 Å². The second-order valence-corrected chi connectivity index (χ2v) is 7.56. The number of aryl methyl sites for hydroxylation is 2. The highest BCUT2D eigenvalue weighted by molar-refractivity contribution is 5.78. The van der Waals surface area contributed by atoms with Crippen LogP contribution >= 0.6 is 0 Å². The minimum atomic E-state index is 0.0112. The molecule has 2 heterocycles. The van der Waals surface area contributed by atoms with Crippen molar-refractivity contribution in [3.8, 4) is 17.0 Å². The van der Waals surface area contributed by atoms with Crippen molar-refractivity contribution >= 4 is 11.7 Å². The smallest absolute Gasteiger partial charge is 0.260 e. The van der Waals surface area contributed by atoms with Gasteiger partial charge in [0.1, 0.15) is 5.75 Å². The first kappa shape index (κ1) is 19.9. The highest BCUT2D eigenvalue weighted by Gasteiger charge is 2.22. The van der Waals surface area contributed by atoms with Gasteiger partial charge in [0.2, 0.25) is 0 Å². The van der Waals surface area contributed by atoms with E-state index in [1.54, 1.807) is 0 Å². The fraction of sp³-hybridized carbons (Fsp3) is 0.292. The van der Waals surface area contributed by atoms with E-state index in [9.17, 15) is 4.79 Å². The third kappa shape index (κ3) is 4.59. The zero-order valence-electron chi connectivity index (χ0n) is 17.4. The van der Waals surface area contributed by atoms with Gasteiger partial charge in [0.15, 0.2) is 12.4 Å². The van der Waals surface area contributed by atoms with Gasteiger partial charge >= 0.3 is 0 Å². The molecule has 1 aromatic heterocycles. The van der Waals surface area contributed by atoms with E-state index in [-0.39, 0.29) is 12.5 Å². The second-order valence-electron chi connectivity index (χ2n) is 7.56. The van der Waals surface area contributed by atoms with Gasteiger partial charge in [-0.2, -0.15) is 0 Å². The molecule has 4 rings (SSSR count). The molecule has 0 N–H and O–H groups in total. The molecule has 0 aliphatic carbocycles. The molecule has 0 unspecified atom stereocenters. The average Bonchev–Trinajstić information content (AvgIpc) is 2.78. The van der Waals surface area contributed by atoms with Crippen molar-refractivity contribution in [2.45, 2.75) is 13.8 Å². The predicted octanol–water partition coefficient (Wildman–Crippen LogP) is 3.49. The number of rotatable bonds is 5. The number of benzene rings is 2. The molecule has 1 fully saturated rings. The fourth-order valence-corrected chi connectivity index (χ4v) is 3.62. The molecule has 0 saturated carbocycles. The van der Waals surface area contributed by atoms with E-state index in [0.717, 1.165) is 41.5 Å². The molecule has 6 nitrogen and oxygen atoms in total. The molecule has 0 bridgehead atoms. The van der Waals surface area contributed by atoms with E-state index in [4.69, 9.17) is 4.74 Å². The Morgan fingerprint density at radius 2 is 1.73 bits per heavy atom. The maximum absolute atomic E-state index is 12.5. The lowest BCUT2D eigenvalue weighted by Gasteiger charge is -2.35. The molecule has 1 aliphatic heterocycles. The van der Waals surface area contributed by atoms with Gasteiger partial charge in [0.25, 0.3) is 5.91 Å². The minimum absolute atomic E-state index is 0.0112. The van der Waals surface area contributed by atoms with E-state index in [0.29, 0.717) is 13.1 Å². The first-order valence-corrected chi connectivity index (χ1v) is 10.2. The molecule has 1 aliphatic rings. The highest BCUT2D eigenvalue weighted by Crippen LogP contribution is 2.22. The van der Waals surface area contributed by atoms with Crippen LogP contribution < -0.4 is 9.64 Å². The SMILES string of the molecule is Cc1cccc(OCC(=O)N2CCN(c3ccc(-c4ccccc4C)nn3)CC2)c1. The van der Waals surface area contributed by atoms with E-state index in [2.05, 4.69) is 34.2 Å². The van der Waals surface area contributed by atoms with E-state index in [1.165, 1.54) is 5.56 Å². The number of ether oxygens (including phenoxy) is 1. The molecule has 30 heavy (non-hydrogen) atoms. The van der Waals surface area contributed by atoms with Gasteiger partial charge in [-0.25, -0.2) is 0 Å². The van der Waals surface area contributed by atoms with Crippen LogP contribution in [0.15, 0.2) is 60.7 Å². The highest BCUT2D eigenvalue weighted by atomic mass is 16.5. The third-order valence-electron chi connectivity index (χ3n) is 5.38. The maximum atomic E-state index is 12.5. The van der Waals surface area contributed by atoms with Crippen molar-refractivity contribution in [2.75, 3.05) is 37.7 Å². The molecular weight excluding hydrogens is 376 g/mol. The van der Waals surface area contributed by atoms with Gasteiger partial charge in [-0.3, -0.25) is 4.79 Å². The number of anilines is 1. The van der Waals surface area contributed by atoms with E-state index < -0.39 is 0 Å². The summed E-state index contributed by atoms with van der Waals surface area (Å²) < 4.78 is 5.65. The van der Waals surface area contributed by atoms with E-state index in [1.807, 2.05) is 60.4 Å². The summed E-state index contributed by atoms with van der Waals surface area (Å²) >= 11 is 0. The number of nitrogens with zero attached hydrogens (tertiary/aromatic N) is 4. The van der Waals surface area contributed by atoms with Crippen molar-refractivity contribution in [3.05, 3.63) is 71.8 Å². The summed E-state index contributed by atoms with van der Waals surface area (Å²) in [5, 5.41) is 8.84. The number of carbonyl (C=O) groups excluding carboxylic acids is 1.